The molecule has 0 amide bonds. The van der Waals surface area contributed by atoms with E-state index in [1.807, 2.05) is 0 Å². The summed E-state index contributed by atoms with van der Waals surface area (Å²) in [5.74, 6) is 0. The predicted molar refractivity (Wildman–Crippen MR) is 240 cm³/mol. The van der Waals surface area contributed by atoms with E-state index < -0.39 is 0 Å². The van der Waals surface area contributed by atoms with E-state index in [-0.39, 0.29) is 0 Å². The Morgan fingerprint density at radius 1 is 0.228 bits per heavy atom. The van der Waals surface area contributed by atoms with Crippen molar-refractivity contribution in [2.45, 2.75) is 0 Å². The van der Waals surface area contributed by atoms with Gasteiger partial charge in [-0.1, -0.05) is 133 Å². The van der Waals surface area contributed by atoms with E-state index in [1.165, 1.54) is 93.4 Å². The van der Waals surface area contributed by atoms with Crippen LogP contribution in [0.4, 0.5) is 0 Å². The van der Waals surface area contributed by atoms with Crippen molar-refractivity contribution in [2.24, 2.45) is 0 Å². The third-order valence-electron chi connectivity index (χ3n) is 11.8. The summed E-state index contributed by atoms with van der Waals surface area (Å²) in [6.45, 7) is 0. The molecule has 0 fully saturated rings. The van der Waals surface area contributed by atoms with Crippen LogP contribution in [0.15, 0.2) is 212 Å². The molecule has 12 aromatic rings. The second-order valence-corrected chi connectivity index (χ2v) is 14.9. The Hall–Kier alpha value is -7.62. The third kappa shape index (κ3) is 4.79. The lowest BCUT2D eigenvalue weighted by Gasteiger charge is -2.12. The number of hydrogen-bond acceptors (Lipinski definition) is 0. The van der Waals surface area contributed by atoms with Gasteiger partial charge < -0.3 is 13.7 Å². The molecule has 0 aliphatic heterocycles. The van der Waals surface area contributed by atoms with Gasteiger partial charge in [0.2, 0.25) is 0 Å². The molecule has 3 aromatic heterocycles. The number of nitrogens with zero attached hydrogens (tertiary/aromatic N) is 3. The second-order valence-electron chi connectivity index (χ2n) is 14.9. The fourth-order valence-corrected chi connectivity index (χ4v) is 9.33. The Bertz CT molecular complexity index is 3500. The molecule has 0 unspecified atom stereocenters. The van der Waals surface area contributed by atoms with Gasteiger partial charge in [0, 0.05) is 54.9 Å². The first-order valence-electron chi connectivity index (χ1n) is 19.6. The van der Waals surface area contributed by atoms with Gasteiger partial charge in [0.05, 0.1) is 33.1 Å². The lowest BCUT2D eigenvalue weighted by Crippen LogP contribution is -1.95. The summed E-state index contributed by atoms with van der Waals surface area (Å²) in [7, 11) is 0. The zero-order chi connectivity index (χ0) is 37.5. The molecular weight excluding hydrogens is 691 g/mol. The van der Waals surface area contributed by atoms with Gasteiger partial charge in [-0.05, 0) is 95.6 Å². The molecule has 0 atom stereocenters. The second kappa shape index (κ2) is 12.5. The first-order valence-corrected chi connectivity index (χ1v) is 19.6. The van der Waals surface area contributed by atoms with Crippen molar-refractivity contribution >= 4 is 65.4 Å². The van der Waals surface area contributed by atoms with Crippen LogP contribution in [-0.4, -0.2) is 13.7 Å². The number of hydrogen-bond donors (Lipinski definition) is 0. The van der Waals surface area contributed by atoms with Crippen LogP contribution in [0.2, 0.25) is 0 Å². The van der Waals surface area contributed by atoms with Crippen molar-refractivity contribution in [2.75, 3.05) is 0 Å². The fourth-order valence-electron chi connectivity index (χ4n) is 9.33. The summed E-state index contributed by atoms with van der Waals surface area (Å²) in [4.78, 5) is 0. The summed E-state index contributed by atoms with van der Waals surface area (Å²) < 4.78 is 7.25. The van der Waals surface area contributed by atoms with Crippen LogP contribution in [-0.2, 0) is 0 Å². The van der Waals surface area contributed by atoms with Crippen molar-refractivity contribution in [1.82, 2.24) is 13.7 Å². The van der Waals surface area contributed by atoms with E-state index in [4.69, 9.17) is 0 Å². The Morgan fingerprint density at radius 2 is 0.667 bits per heavy atom. The summed E-state index contributed by atoms with van der Waals surface area (Å²) in [5.41, 5.74) is 15.6. The molecule has 12 rings (SSSR count). The highest BCUT2D eigenvalue weighted by atomic mass is 15.0. The molecule has 9 aromatic carbocycles. The van der Waals surface area contributed by atoms with Crippen LogP contribution in [0.25, 0.3) is 105 Å². The first kappa shape index (κ1) is 31.7. The van der Waals surface area contributed by atoms with Gasteiger partial charge in [-0.25, -0.2) is 0 Å². The molecule has 0 bridgehead atoms. The molecule has 3 heteroatoms. The van der Waals surface area contributed by atoms with Crippen LogP contribution in [0.1, 0.15) is 0 Å². The Kier molecular flexibility index (Phi) is 6.93. The highest BCUT2D eigenvalue weighted by Crippen LogP contribution is 2.42. The van der Waals surface area contributed by atoms with Gasteiger partial charge in [-0.2, -0.15) is 0 Å². The Morgan fingerprint density at radius 3 is 1.30 bits per heavy atom. The van der Waals surface area contributed by atoms with Crippen LogP contribution in [0, 0.1) is 0 Å². The summed E-state index contributed by atoms with van der Waals surface area (Å²) in [6.07, 6.45) is 0. The van der Waals surface area contributed by atoms with Crippen LogP contribution in [0.3, 0.4) is 0 Å². The standard InChI is InChI=1S/C54H35N3/c1-4-15-36(16-5-1)42-23-14-24-45-47-34-38(28-31-53(47)57(54(42)45)40-19-8-3-9-20-40)37-27-30-51-46(33-37)43-21-10-13-26-50(43)56(51)41-29-32-52-48(35-41)44-22-11-12-25-49(44)55(52)39-17-6-2-7-18-39/h1-35H. The summed E-state index contributed by atoms with van der Waals surface area (Å²) >= 11 is 0. The molecule has 0 spiro atoms. The van der Waals surface area contributed by atoms with Crippen LogP contribution < -0.4 is 0 Å². The molecule has 0 aliphatic carbocycles. The van der Waals surface area contributed by atoms with Crippen molar-refractivity contribution in [3.8, 4) is 39.3 Å². The van der Waals surface area contributed by atoms with Crippen molar-refractivity contribution in [1.29, 1.82) is 0 Å². The highest BCUT2D eigenvalue weighted by molar-refractivity contribution is 6.16. The van der Waals surface area contributed by atoms with Crippen molar-refractivity contribution < 1.29 is 0 Å². The first-order chi connectivity index (χ1) is 28.3. The molecule has 3 heterocycles. The van der Waals surface area contributed by atoms with Crippen LogP contribution in [0.5, 0.6) is 0 Å². The Labute approximate surface area is 329 Å². The minimum Gasteiger partial charge on any atom is -0.309 e. The molecule has 57 heavy (non-hydrogen) atoms. The number of para-hydroxylation sites is 5. The Balaban J connectivity index is 1.05. The summed E-state index contributed by atoms with van der Waals surface area (Å²) in [6, 6.07) is 77.4. The quantitative estimate of drug-likeness (QED) is 0.168. The number of rotatable bonds is 5. The SMILES string of the molecule is c1ccc(-c2cccc3c4cc(-c5ccc6c(c5)c5ccccc5n6-c5ccc6c(c5)c5ccccc5n6-c5ccccc5)ccc4n(-c4ccccc4)c23)cc1. The summed E-state index contributed by atoms with van der Waals surface area (Å²) in [5, 5.41) is 7.48. The van der Waals surface area contributed by atoms with E-state index in [1.54, 1.807) is 0 Å². The average molecular weight is 726 g/mol. The van der Waals surface area contributed by atoms with E-state index in [9.17, 15) is 0 Å². The third-order valence-corrected chi connectivity index (χ3v) is 11.8. The van der Waals surface area contributed by atoms with Crippen LogP contribution >= 0.6 is 0 Å². The van der Waals surface area contributed by atoms with E-state index >= 15 is 0 Å². The van der Waals surface area contributed by atoms with Gasteiger partial charge >= 0.3 is 0 Å². The lowest BCUT2D eigenvalue weighted by molar-refractivity contribution is 1.17. The lowest BCUT2D eigenvalue weighted by atomic mass is 9.99. The fraction of sp³-hybridized carbons (Fsp3) is 0. The molecule has 0 aliphatic rings. The molecular formula is C54H35N3. The number of fused-ring (bicyclic) bond motifs is 9. The molecule has 0 N–H and O–H groups in total. The maximum atomic E-state index is 2.43. The van der Waals surface area contributed by atoms with E-state index in [2.05, 4.69) is 226 Å². The van der Waals surface area contributed by atoms with Crippen molar-refractivity contribution in [3.63, 3.8) is 0 Å². The minimum atomic E-state index is 1.15. The molecule has 0 radical (unpaired) electrons. The monoisotopic (exact) mass is 725 g/mol. The van der Waals surface area contributed by atoms with Gasteiger partial charge in [0.15, 0.2) is 0 Å². The minimum absolute atomic E-state index is 1.15. The maximum Gasteiger partial charge on any atom is 0.0619 e. The number of aromatic nitrogens is 3. The van der Waals surface area contributed by atoms with Gasteiger partial charge in [-0.3, -0.25) is 0 Å². The predicted octanol–water partition coefficient (Wildman–Crippen LogP) is 14.3. The largest absolute Gasteiger partial charge is 0.309 e. The normalized spacial score (nSPS) is 11.9. The molecule has 0 saturated carbocycles. The zero-order valence-electron chi connectivity index (χ0n) is 31.0. The smallest absolute Gasteiger partial charge is 0.0619 e. The van der Waals surface area contributed by atoms with Gasteiger partial charge in [0.25, 0.3) is 0 Å². The van der Waals surface area contributed by atoms with Gasteiger partial charge in [0.1, 0.15) is 0 Å². The van der Waals surface area contributed by atoms with Gasteiger partial charge in [-0.15, -0.1) is 0 Å². The molecule has 0 saturated heterocycles. The maximum absolute atomic E-state index is 2.43. The average Bonchev–Trinajstić information content (AvgIpc) is 3.92. The molecule has 3 nitrogen and oxygen atoms in total. The van der Waals surface area contributed by atoms with Crippen molar-refractivity contribution in [3.05, 3.63) is 212 Å². The zero-order valence-corrected chi connectivity index (χ0v) is 31.0. The van der Waals surface area contributed by atoms with E-state index in [0.717, 1.165) is 11.4 Å². The van der Waals surface area contributed by atoms with E-state index in [0.29, 0.717) is 0 Å². The highest BCUT2D eigenvalue weighted by Gasteiger charge is 2.19. The number of benzene rings is 9. The topological polar surface area (TPSA) is 14.8 Å². The molecule has 266 valence electrons.